The van der Waals surface area contributed by atoms with Gasteiger partial charge < -0.3 is 5.32 Å². The maximum absolute atomic E-state index is 4.25. The van der Waals surface area contributed by atoms with Crippen LogP contribution in [0.1, 0.15) is 11.3 Å². The van der Waals surface area contributed by atoms with E-state index in [-0.39, 0.29) is 0 Å². The molecule has 0 aliphatic heterocycles. The van der Waals surface area contributed by atoms with Crippen molar-refractivity contribution in [3.63, 3.8) is 0 Å². The van der Waals surface area contributed by atoms with Crippen molar-refractivity contribution in [1.82, 2.24) is 10.3 Å². The molecule has 84 valence electrons. The minimum atomic E-state index is 0.906. The highest BCUT2D eigenvalue weighted by Gasteiger charge is 1.96. The predicted molar refractivity (Wildman–Crippen MR) is 71.7 cm³/mol. The molecule has 1 heterocycles. The average Bonchev–Trinajstić information content (AvgIpc) is 2.77. The van der Waals surface area contributed by atoms with Crippen molar-refractivity contribution in [2.45, 2.75) is 13.0 Å². The Morgan fingerprint density at radius 1 is 1.38 bits per heavy atom. The van der Waals surface area contributed by atoms with Gasteiger partial charge in [-0.1, -0.05) is 28.1 Å². The van der Waals surface area contributed by atoms with Crippen LogP contribution in [-0.4, -0.2) is 11.5 Å². The SMILES string of the molecule is Brc1cccc(CNCCc2cscn2)c1. The Balaban J connectivity index is 1.72. The summed E-state index contributed by atoms with van der Waals surface area (Å²) < 4.78 is 1.13. The molecule has 0 radical (unpaired) electrons. The minimum absolute atomic E-state index is 0.906. The van der Waals surface area contributed by atoms with Crippen molar-refractivity contribution in [2.75, 3.05) is 6.54 Å². The summed E-state index contributed by atoms with van der Waals surface area (Å²) >= 11 is 5.12. The van der Waals surface area contributed by atoms with Gasteiger partial charge in [0.2, 0.25) is 0 Å². The molecule has 0 aliphatic rings. The molecule has 1 aromatic heterocycles. The summed E-state index contributed by atoms with van der Waals surface area (Å²) in [6.45, 7) is 1.87. The van der Waals surface area contributed by atoms with Gasteiger partial charge in [-0.05, 0) is 17.7 Å². The second-order valence-corrected chi connectivity index (χ2v) is 5.17. The minimum Gasteiger partial charge on any atom is -0.312 e. The number of hydrogen-bond acceptors (Lipinski definition) is 3. The van der Waals surface area contributed by atoms with Crippen LogP contribution in [0.4, 0.5) is 0 Å². The number of nitrogens with one attached hydrogen (secondary N) is 1. The first-order chi connectivity index (χ1) is 7.84. The third-order valence-corrected chi connectivity index (χ3v) is 3.39. The van der Waals surface area contributed by atoms with Crippen LogP contribution in [0.25, 0.3) is 0 Å². The molecule has 0 spiro atoms. The van der Waals surface area contributed by atoms with Crippen LogP contribution in [0.2, 0.25) is 0 Å². The smallest absolute Gasteiger partial charge is 0.0794 e. The molecule has 0 atom stereocenters. The van der Waals surface area contributed by atoms with E-state index in [9.17, 15) is 0 Å². The summed E-state index contributed by atoms with van der Waals surface area (Å²) in [6, 6.07) is 8.36. The van der Waals surface area contributed by atoms with Gasteiger partial charge in [0.15, 0.2) is 0 Å². The lowest BCUT2D eigenvalue weighted by atomic mass is 10.2. The van der Waals surface area contributed by atoms with Crippen molar-refractivity contribution in [2.24, 2.45) is 0 Å². The number of benzene rings is 1. The Morgan fingerprint density at radius 3 is 3.06 bits per heavy atom. The van der Waals surface area contributed by atoms with E-state index in [0.717, 1.165) is 24.0 Å². The zero-order valence-electron chi connectivity index (χ0n) is 8.82. The topological polar surface area (TPSA) is 24.9 Å². The second-order valence-electron chi connectivity index (χ2n) is 3.54. The summed E-state index contributed by atoms with van der Waals surface area (Å²) in [5.41, 5.74) is 4.35. The zero-order chi connectivity index (χ0) is 11.2. The van der Waals surface area contributed by atoms with E-state index in [1.165, 1.54) is 11.3 Å². The first-order valence-electron chi connectivity index (χ1n) is 5.17. The molecule has 2 aromatic rings. The third kappa shape index (κ3) is 3.70. The van der Waals surface area contributed by atoms with Gasteiger partial charge in [0.05, 0.1) is 11.2 Å². The largest absolute Gasteiger partial charge is 0.312 e. The summed E-state index contributed by atoms with van der Waals surface area (Å²) in [5, 5.41) is 5.51. The van der Waals surface area contributed by atoms with Crippen LogP contribution in [0.15, 0.2) is 39.6 Å². The maximum atomic E-state index is 4.25. The lowest BCUT2D eigenvalue weighted by Crippen LogP contribution is -2.16. The standard InChI is InChI=1S/C12H13BrN2S/c13-11-3-1-2-10(6-11)7-14-5-4-12-8-16-9-15-12/h1-3,6,8-9,14H,4-5,7H2. The number of hydrogen-bond donors (Lipinski definition) is 1. The predicted octanol–water partition coefficient (Wildman–Crippen LogP) is 3.24. The summed E-state index contributed by atoms with van der Waals surface area (Å²) in [5.74, 6) is 0. The van der Waals surface area contributed by atoms with E-state index < -0.39 is 0 Å². The van der Waals surface area contributed by atoms with Crippen molar-refractivity contribution >= 4 is 27.3 Å². The van der Waals surface area contributed by atoms with Gasteiger partial charge in [0.1, 0.15) is 0 Å². The molecule has 1 N–H and O–H groups in total. The Kier molecular flexibility index (Phi) is 4.51. The van der Waals surface area contributed by atoms with Gasteiger partial charge in [0, 0.05) is 29.4 Å². The van der Waals surface area contributed by atoms with Crippen molar-refractivity contribution in [3.05, 3.63) is 50.9 Å². The highest BCUT2D eigenvalue weighted by atomic mass is 79.9. The molecule has 1 aromatic carbocycles. The Morgan fingerprint density at radius 2 is 2.31 bits per heavy atom. The molecule has 0 saturated heterocycles. The van der Waals surface area contributed by atoms with E-state index in [2.05, 4.69) is 49.8 Å². The number of nitrogens with zero attached hydrogens (tertiary/aromatic N) is 1. The van der Waals surface area contributed by atoms with E-state index in [4.69, 9.17) is 0 Å². The van der Waals surface area contributed by atoms with Gasteiger partial charge in [-0.2, -0.15) is 0 Å². The molecule has 0 unspecified atom stereocenters. The molecular formula is C12H13BrN2S. The van der Waals surface area contributed by atoms with Gasteiger partial charge in [-0.25, -0.2) is 4.98 Å². The van der Waals surface area contributed by atoms with Crippen molar-refractivity contribution in [1.29, 1.82) is 0 Å². The molecule has 2 nitrogen and oxygen atoms in total. The maximum Gasteiger partial charge on any atom is 0.0794 e. The van der Waals surface area contributed by atoms with Gasteiger partial charge in [0.25, 0.3) is 0 Å². The zero-order valence-corrected chi connectivity index (χ0v) is 11.2. The first kappa shape index (κ1) is 11.8. The van der Waals surface area contributed by atoms with Crippen molar-refractivity contribution in [3.8, 4) is 0 Å². The first-order valence-corrected chi connectivity index (χ1v) is 6.90. The molecule has 0 amide bonds. The fourth-order valence-electron chi connectivity index (χ4n) is 1.46. The lowest BCUT2D eigenvalue weighted by molar-refractivity contribution is 0.681. The fraction of sp³-hybridized carbons (Fsp3) is 0.250. The Hall–Kier alpha value is -0.710. The molecule has 0 saturated carbocycles. The number of rotatable bonds is 5. The molecule has 0 aliphatic carbocycles. The highest BCUT2D eigenvalue weighted by molar-refractivity contribution is 9.10. The van der Waals surface area contributed by atoms with Crippen LogP contribution < -0.4 is 5.32 Å². The number of thiazole rings is 1. The van der Waals surface area contributed by atoms with Crippen LogP contribution >= 0.6 is 27.3 Å². The summed E-state index contributed by atoms with van der Waals surface area (Å²) in [6.07, 6.45) is 0.998. The molecule has 4 heteroatoms. The van der Waals surface area contributed by atoms with Gasteiger partial charge >= 0.3 is 0 Å². The van der Waals surface area contributed by atoms with Crippen LogP contribution in [-0.2, 0) is 13.0 Å². The third-order valence-electron chi connectivity index (χ3n) is 2.26. The Labute approximate surface area is 108 Å². The van der Waals surface area contributed by atoms with Crippen molar-refractivity contribution < 1.29 is 0 Å². The highest BCUT2D eigenvalue weighted by Crippen LogP contribution is 2.11. The molecular weight excluding hydrogens is 284 g/mol. The average molecular weight is 297 g/mol. The van der Waals surface area contributed by atoms with Gasteiger partial charge in [-0.15, -0.1) is 11.3 Å². The van der Waals surface area contributed by atoms with E-state index in [1.807, 2.05) is 11.6 Å². The Bertz CT molecular complexity index is 428. The lowest BCUT2D eigenvalue weighted by Gasteiger charge is -2.04. The van der Waals surface area contributed by atoms with E-state index in [1.54, 1.807) is 11.3 Å². The number of halogens is 1. The normalized spacial score (nSPS) is 10.6. The monoisotopic (exact) mass is 296 g/mol. The summed E-state index contributed by atoms with van der Waals surface area (Å²) in [4.78, 5) is 4.25. The molecule has 16 heavy (non-hydrogen) atoms. The van der Waals surface area contributed by atoms with Crippen LogP contribution in [0.3, 0.4) is 0 Å². The molecule has 0 bridgehead atoms. The quantitative estimate of drug-likeness (QED) is 0.857. The van der Waals surface area contributed by atoms with Gasteiger partial charge in [-0.3, -0.25) is 0 Å². The molecule has 2 rings (SSSR count). The van der Waals surface area contributed by atoms with E-state index >= 15 is 0 Å². The second kappa shape index (κ2) is 6.13. The summed E-state index contributed by atoms with van der Waals surface area (Å²) in [7, 11) is 0. The van der Waals surface area contributed by atoms with Crippen LogP contribution in [0, 0.1) is 0 Å². The number of aromatic nitrogens is 1. The van der Waals surface area contributed by atoms with E-state index in [0.29, 0.717) is 0 Å². The van der Waals surface area contributed by atoms with Crippen LogP contribution in [0.5, 0.6) is 0 Å². The molecule has 0 fully saturated rings. The fourth-order valence-corrected chi connectivity index (χ4v) is 2.50.